The van der Waals surface area contributed by atoms with Crippen molar-refractivity contribution in [1.82, 2.24) is 19.8 Å². The first-order valence-corrected chi connectivity index (χ1v) is 11.3. The number of nitrogens with zero attached hydrogens (tertiary/aromatic N) is 4. The van der Waals surface area contributed by atoms with Gasteiger partial charge in [-0.15, -0.1) is 11.8 Å². The summed E-state index contributed by atoms with van der Waals surface area (Å²) < 4.78 is 0. The molecule has 0 bridgehead atoms. The van der Waals surface area contributed by atoms with Crippen LogP contribution in [-0.4, -0.2) is 57.6 Å². The van der Waals surface area contributed by atoms with E-state index in [0.29, 0.717) is 18.8 Å². The molecule has 156 valence electrons. The second-order valence-corrected chi connectivity index (χ2v) is 8.77. The van der Waals surface area contributed by atoms with E-state index in [0.717, 1.165) is 58.6 Å². The van der Waals surface area contributed by atoms with Crippen LogP contribution in [0.2, 0.25) is 5.02 Å². The van der Waals surface area contributed by atoms with Crippen LogP contribution in [0.25, 0.3) is 10.9 Å². The van der Waals surface area contributed by atoms with Crippen molar-refractivity contribution in [2.75, 3.05) is 37.7 Å². The van der Waals surface area contributed by atoms with Crippen LogP contribution in [0.15, 0.2) is 53.4 Å². The lowest BCUT2D eigenvalue weighted by Gasteiger charge is -2.34. The van der Waals surface area contributed by atoms with E-state index in [-0.39, 0.29) is 5.91 Å². The third-order valence-corrected chi connectivity index (χ3v) is 6.70. The fraction of sp³-hybridized carbons (Fsp3) is 0.318. The van der Waals surface area contributed by atoms with Gasteiger partial charge in [-0.25, -0.2) is 9.97 Å². The quantitative estimate of drug-likeness (QED) is 0.588. The highest BCUT2D eigenvalue weighted by Gasteiger charge is 2.21. The number of para-hydroxylation sites is 1. The number of carbonyl (C=O) groups is 1. The molecule has 1 aliphatic heterocycles. The zero-order chi connectivity index (χ0) is 20.9. The largest absolute Gasteiger partial charge is 0.383 e. The first-order valence-electron chi connectivity index (χ1n) is 9.99. The lowest BCUT2D eigenvalue weighted by Crippen LogP contribution is -2.48. The monoisotopic (exact) mass is 441 g/mol. The van der Waals surface area contributed by atoms with Crippen LogP contribution in [-0.2, 0) is 11.3 Å². The van der Waals surface area contributed by atoms with Gasteiger partial charge in [-0.2, -0.15) is 0 Å². The third kappa shape index (κ3) is 5.03. The van der Waals surface area contributed by atoms with Gasteiger partial charge in [0.2, 0.25) is 5.91 Å². The van der Waals surface area contributed by atoms with Crippen molar-refractivity contribution in [3.8, 4) is 0 Å². The van der Waals surface area contributed by atoms with Gasteiger partial charge in [0.25, 0.3) is 0 Å². The van der Waals surface area contributed by atoms with E-state index in [1.165, 1.54) is 0 Å². The number of rotatable bonds is 6. The van der Waals surface area contributed by atoms with E-state index in [1.807, 2.05) is 53.4 Å². The van der Waals surface area contributed by atoms with Crippen LogP contribution in [0.1, 0.15) is 12.2 Å². The molecule has 0 atom stereocenters. The SMILES string of the molecule is Nc1nc(CN2CCN(C(=O)CCSc3ccccc3Cl)CC2)nc2ccccc12. The van der Waals surface area contributed by atoms with Crippen LogP contribution in [0.5, 0.6) is 0 Å². The Labute approximate surface area is 185 Å². The average Bonchev–Trinajstić information content (AvgIpc) is 2.75. The van der Waals surface area contributed by atoms with Gasteiger partial charge in [-0.1, -0.05) is 35.9 Å². The Balaban J connectivity index is 1.25. The maximum Gasteiger partial charge on any atom is 0.223 e. The Morgan fingerprint density at radius 3 is 2.57 bits per heavy atom. The molecule has 8 heteroatoms. The molecular formula is C22H24ClN5OS. The number of nitrogens with two attached hydrogens (primary N) is 1. The number of fused-ring (bicyclic) bond motifs is 1. The summed E-state index contributed by atoms with van der Waals surface area (Å²) in [5, 5.41) is 1.62. The molecule has 2 N–H and O–H groups in total. The van der Waals surface area contributed by atoms with E-state index in [1.54, 1.807) is 11.8 Å². The topological polar surface area (TPSA) is 75.3 Å². The maximum atomic E-state index is 12.5. The molecule has 4 rings (SSSR count). The minimum absolute atomic E-state index is 0.195. The van der Waals surface area contributed by atoms with Crippen LogP contribution < -0.4 is 5.73 Å². The van der Waals surface area contributed by atoms with E-state index in [4.69, 9.17) is 17.3 Å². The molecule has 30 heavy (non-hydrogen) atoms. The molecule has 0 spiro atoms. The molecule has 1 aliphatic rings. The van der Waals surface area contributed by atoms with E-state index >= 15 is 0 Å². The average molecular weight is 442 g/mol. The first-order chi connectivity index (χ1) is 14.6. The predicted octanol–water partition coefficient (Wildman–Crippen LogP) is 3.69. The minimum Gasteiger partial charge on any atom is -0.383 e. The van der Waals surface area contributed by atoms with E-state index < -0.39 is 0 Å². The Morgan fingerprint density at radius 2 is 1.77 bits per heavy atom. The van der Waals surface area contributed by atoms with Crippen molar-refractivity contribution in [2.24, 2.45) is 0 Å². The normalized spacial score (nSPS) is 14.9. The fourth-order valence-corrected chi connectivity index (χ4v) is 4.72. The van der Waals surface area contributed by atoms with E-state index in [9.17, 15) is 4.79 Å². The number of carbonyl (C=O) groups excluding carboxylic acids is 1. The highest BCUT2D eigenvalue weighted by molar-refractivity contribution is 7.99. The fourth-order valence-electron chi connectivity index (χ4n) is 3.55. The second kappa shape index (κ2) is 9.64. The number of anilines is 1. The second-order valence-electron chi connectivity index (χ2n) is 7.23. The number of thioether (sulfide) groups is 1. The summed E-state index contributed by atoms with van der Waals surface area (Å²) in [5.74, 6) is 2.16. The first kappa shape index (κ1) is 20.9. The summed E-state index contributed by atoms with van der Waals surface area (Å²) in [4.78, 5) is 26.9. The summed E-state index contributed by atoms with van der Waals surface area (Å²) in [5.41, 5.74) is 6.95. The zero-order valence-electron chi connectivity index (χ0n) is 16.6. The molecule has 1 aromatic heterocycles. The summed E-state index contributed by atoms with van der Waals surface area (Å²) in [6.45, 7) is 3.69. The van der Waals surface area contributed by atoms with Gasteiger partial charge in [0.1, 0.15) is 11.6 Å². The summed E-state index contributed by atoms with van der Waals surface area (Å²) >= 11 is 7.80. The number of benzene rings is 2. The summed E-state index contributed by atoms with van der Waals surface area (Å²) in [6, 6.07) is 15.5. The Bertz CT molecular complexity index is 1040. The lowest BCUT2D eigenvalue weighted by atomic mass is 10.2. The van der Waals surface area contributed by atoms with Gasteiger partial charge in [0.05, 0.1) is 17.1 Å². The number of hydrogen-bond acceptors (Lipinski definition) is 6. The lowest BCUT2D eigenvalue weighted by molar-refractivity contribution is -0.132. The Morgan fingerprint density at radius 1 is 1.03 bits per heavy atom. The molecule has 0 unspecified atom stereocenters. The zero-order valence-corrected chi connectivity index (χ0v) is 18.2. The third-order valence-electron chi connectivity index (χ3n) is 5.18. The summed E-state index contributed by atoms with van der Waals surface area (Å²) in [7, 11) is 0. The molecular weight excluding hydrogens is 418 g/mol. The molecule has 1 amide bonds. The minimum atomic E-state index is 0.195. The van der Waals surface area contributed by atoms with Crippen molar-refractivity contribution in [1.29, 1.82) is 0 Å². The molecule has 3 aromatic rings. The number of piperazine rings is 1. The van der Waals surface area contributed by atoms with Crippen LogP contribution in [0, 0.1) is 0 Å². The number of aromatic nitrogens is 2. The van der Waals surface area contributed by atoms with Crippen molar-refractivity contribution < 1.29 is 4.79 Å². The predicted molar refractivity (Wildman–Crippen MR) is 123 cm³/mol. The smallest absolute Gasteiger partial charge is 0.223 e. The molecule has 6 nitrogen and oxygen atoms in total. The molecule has 0 saturated carbocycles. The number of hydrogen-bond donors (Lipinski definition) is 1. The van der Waals surface area contributed by atoms with Gasteiger partial charge in [-0.05, 0) is 24.3 Å². The molecule has 1 saturated heterocycles. The summed E-state index contributed by atoms with van der Waals surface area (Å²) in [6.07, 6.45) is 0.514. The van der Waals surface area contributed by atoms with Crippen molar-refractivity contribution >= 4 is 46.0 Å². The van der Waals surface area contributed by atoms with Crippen molar-refractivity contribution in [3.05, 3.63) is 59.4 Å². The van der Waals surface area contributed by atoms with Gasteiger partial charge < -0.3 is 10.6 Å². The van der Waals surface area contributed by atoms with Crippen LogP contribution in [0.4, 0.5) is 5.82 Å². The van der Waals surface area contributed by atoms with Gasteiger partial charge in [-0.3, -0.25) is 9.69 Å². The molecule has 2 aromatic carbocycles. The van der Waals surface area contributed by atoms with Crippen molar-refractivity contribution in [3.63, 3.8) is 0 Å². The van der Waals surface area contributed by atoms with E-state index in [2.05, 4.69) is 14.9 Å². The number of halogens is 1. The highest BCUT2D eigenvalue weighted by Crippen LogP contribution is 2.27. The Hall–Kier alpha value is -2.35. The number of nitrogen functional groups attached to an aromatic ring is 1. The maximum absolute atomic E-state index is 12.5. The molecule has 2 heterocycles. The molecule has 0 radical (unpaired) electrons. The number of amides is 1. The Kier molecular flexibility index (Phi) is 6.72. The standard InChI is InChI=1S/C22H24ClN5OS/c23-17-6-2-4-8-19(17)30-14-9-21(29)28-12-10-27(11-13-28)15-20-25-18-7-3-1-5-16(18)22(24)26-20/h1-8H,9-15H2,(H2,24,25,26). The molecule has 1 fully saturated rings. The van der Waals surface area contributed by atoms with Gasteiger partial charge in [0.15, 0.2) is 0 Å². The van der Waals surface area contributed by atoms with Gasteiger partial charge in [0, 0.05) is 48.6 Å². The van der Waals surface area contributed by atoms with Crippen LogP contribution in [0.3, 0.4) is 0 Å². The van der Waals surface area contributed by atoms with Crippen molar-refractivity contribution in [2.45, 2.75) is 17.9 Å². The van der Waals surface area contributed by atoms with Gasteiger partial charge >= 0.3 is 0 Å². The van der Waals surface area contributed by atoms with Crippen LogP contribution >= 0.6 is 23.4 Å². The molecule has 0 aliphatic carbocycles. The highest BCUT2D eigenvalue weighted by atomic mass is 35.5.